The minimum absolute atomic E-state index is 0.499. The second-order valence-corrected chi connectivity index (χ2v) is 5.70. The van der Waals surface area contributed by atoms with E-state index in [0.29, 0.717) is 13.1 Å². The summed E-state index contributed by atoms with van der Waals surface area (Å²) in [6, 6.07) is 12.1. The molecule has 0 aliphatic heterocycles. The first-order valence-electron chi connectivity index (χ1n) is 7.52. The lowest BCUT2D eigenvalue weighted by Crippen LogP contribution is -2.21. The quantitative estimate of drug-likeness (QED) is 0.761. The lowest BCUT2D eigenvalue weighted by atomic mass is 10.1. The number of fused-ring (bicyclic) bond motifs is 1. The van der Waals surface area contributed by atoms with E-state index in [4.69, 9.17) is 0 Å². The number of aromatic nitrogens is 2. The van der Waals surface area contributed by atoms with Gasteiger partial charge in [0, 0.05) is 19.3 Å². The van der Waals surface area contributed by atoms with Gasteiger partial charge in [-0.25, -0.2) is 4.98 Å². The molecular weight excluding hydrogens is 274 g/mol. The second-order valence-electron chi connectivity index (χ2n) is 5.70. The molecule has 0 radical (unpaired) electrons. The Morgan fingerprint density at radius 3 is 2.91 bits per heavy atom. The Bertz CT molecular complexity index is 779. The SMILES string of the molecule is Cc1cccc(C(O)CNCc2cnc3c(C)cccn23)c1. The van der Waals surface area contributed by atoms with Gasteiger partial charge in [0.25, 0.3) is 0 Å². The Hall–Kier alpha value is -2.17. The van der Waals surface area contributed by atoms with Gasteiger partial charge in [-0.15, -0.1) is 0 Å². The Labute approximate surface area is 130 Å². The van der Waals surface area contributed by atoms with Gasteiger partial charge in [0.05, 0.1) is 18.0 Å². The number of rotatable bonds is 5. The number of benzene rings is 1. The van der Waals surface area contributed by atoms with Crippen LogP contribution in [0.4, 0.5) is 0 Å². The van der Waals surface area contributed by atoms with Crippen molar-refractivity contribution in [3.05, 3.63) is 71.2 Å². The lowest BCUT2D eigenvalue weighted by Gasteiger charge is -2.13. The van der Waals surface area contributed by atoms with E-state index < -0.39 is 6.10 Å². The molecule has 1 unspecified atom stereocenters. The highest BCUT2D eigenvalue weighted by Gasteiger charge is 2.09. The standard InChI is InChI=1S/C18H21N3O/c1-13-5-3-7-15(9-13)17(22)12-19-10-16-11-20-18-14(2)6-4-8-21(16)18/h3-9,11,17,19,22H,10,12H2,1-2H3. The molecule has 0 aliphatic rings. The highest BCUT2D eigenvalue weighted by Crippen LogP contribution is 2.14. The van der Waals surface area contributed by atoms with E-state index in [1.807, 2.05) is 49.6 Å². The summed E-state index contributed by atoms with van der Waals surface area (Å²) < 4.78 is 2.08. The topological polar surface area (TPSA) is 49.6 Å². The van der Waals surface area contributed by atoms with Crippen LogP contribution in [0, 0.1) is 13.8 Å². The van der Waals surface area contributed by atoms with Gasteiger partial charge in [-0.3, -0.25) is 0 Å². The highest BCUT2D eigenvalue weighted by atomic mass is 16.3. The molecule has 0 saturated heterocycles. The van der Waals surface area contributed by atoms with Crippen LogP contribution in [0.1, 0.15) is 28.5 Å². The Morgan fingerprint density at radius 1 is 1.23 bits per heavy atom. The van der Waals surface area contributed by atoms with E-state index in [9.17, 15) is 5.11 Å². The van der Waals surface area contributed by atoms with Gasteiger partial charge < -0.3 is 14.8 Å². The fourth-order valence-electron chi connectivity index (χ4n) is 2.67. The second kappa shape index (κ2) is 6.30. The molecule has 0 aliphatic carbocycles. The van der Waals surface area contributed by atoms with E-state index >= 15 is 0 Å². The number of pyridine rings is 1. The van der Waals surface area contributed by atoms with E-state index in [2.05, 4.69) is 27.7 Å². The van der Waals surface area contributed by atoms with Crippen molar-refractivity contribution in [1.82, 2.24) is 14.7 Å². The summed E-state index contributed by atoms with van der Waals surface area (Å²) in [5.41, 5.74) is 5.34. The molecule has 2 heterocycles. The molecule has 4 heteroatoms. The first-order valence-corrected chi connectivity index (χ1v) is 7.52. The number of imidazole rings is 1. The number of aryl methyl sites for hydroxylation is 2. The van der Waals surface area contributed by atoms with Crippen LogP contribution in [0.25, 0.3) is 5.65 Å². The zero-order chi connectivity index (χ0) is 15.5. The molecule has 0 spiro atoms. The van der Waals surface area contributed by atoms with Crippen molar-refractivity contribution in [1.29, 1.82) is 0 Å². The summed E-state index contributed by atoms with van der Waals surface area (Å²) in [6.07, 6.45) is 3.40. The largest absolute Gasteiger partial charge is 0.387 e. The van der Waals surface area contributed by atoms with Crippen LogP contribution >= 0.6 is 0 Å². The maximum atomic E-state index is 10.2. The van der Waals surface area contributed by atoms with Crippen molar-refractivity contribution in [2.24, 2.45) is 0 Å². The minimum Gasteiger partial charge on any atom is -0.387 e. The molecule has 1 atom stereocenters. The number of nitrogens with zero attached hydrogens (tertiary/aromatic N) is 2. The van der Waals surface area contributed by atoms with Crippen molar-refractivity contribution in [2.75, 3.05) is 6.54 Å². The maximum Gasteiger partial charge on any atom is 0.139 e. The first kappa shape index (κ1) is 14.8. The minimum atomic E-state index is -0.499. The average Bonchev–Trinajstić information content (AvgIpc) is 2.92. The molecule has 0 saturated carbocycles. The number of hydrogen-bond donors (Lipinski definition) is 2. The van der Waals surface area contributed by atoms with E-state index in [1.165, 1.54) is 0 Å². The number of nitrogens with one attached hydrogen (secondary N) is 1. The zero-order valence-corrected chi connectivity index (χ0v) is 13.0. The van der Waals surface area contributed by atoms with Gasteiger partial charge in [0.15, 0.2) is 0 Å². The first-order chi connectivity index (χ1) is 10.6. The molecule has 3 rings (SSSR count). The van der Waals surface area contributed by atoms with E-state index in [1.54, 1.807) is 0 Å². The van der Waals surface area contributed by atoms with Crippen molar-refractivity contribution in [3.8, 4) is 0 Å². The summed E-state index contributed by atoms with van der Waals surface area (Å²) in [7, 11) is 0. The molecule has 114 valence electrons. The molecule has 22 heavy (non-hydrogen) atoms. The zero-order valence-electron chi connectivity index (χ0n) is 13.0. The highest BCUT2D eigenvalue weighted by molar-refractivity contribution is 5.48. The van der Waals surface area contributed by atoms with Gasteiger partial charge in [-0.2, -0.15) is 0 Å². The smallest absolute Gasteiger partial charge is 0.139 e. The maximum absolute atomic E-state index is 10.2. The van der Waals surface area contributed by atoms with Gasteiger partial charge in [0.2, 0.25) is 0 Å². The van der Waals surface area contributed by atoms with Crippen molar-refractivity contribution in [2.45, 2.75) is 26.5 Å². The fraction of sp³-hybridized carbons (Fsp3) is 0.278. The van der Waals surface area contributed by atoms with Crippen molar-refractivity contribution in [3.63, 3.8) is 0 Å². The van der Waals surface area contributed by atoms with Crippen LogP contribution in [-0.2, 0) is 6.54 Å². The van der Waals surface area contributed by atoms with Crippen molar-refractivity contribution >= 4 is 5.65 Å². The molecule has 2 N–H and O–H groups in total. The van der Waals surface area contributed by atoms with Crippen LogP contribution in [0.3, 0.4) is 0 Å². The number of aliphatic hydroxyl groups excluding tert-OH is 1. The Morgan fingerprint density at radius 2 is 2.09 bits per heavy atom. The normalized spacial score (nSPS) is 12.7. The van der Waals surface area contributed by atoms with Crippen molar-refractivity contribution < 1.29 is 5.11 Å². The van der Waals surface area contributed by atoms with Crippen LogP contribution in [-0.4, -0.2) is 21.0 Å². The Kier molecular flexibility index (Phi) is 4.22. The van der Waals surface area contributed by atoms with Crippen LogP contribution in [0.5, 0.6) is 0 Å². The molecule has 1 aromatic carbocycles. The summed E-state index contributed by atoms with van der Waals surface area (Å²) in [6.45, 7) is 5.28. The third kappa shape index (κ3) is 3.03. The number of hydrogen-bond acceptors (Lipinski definition) is 3. The lowest BCUT2D eigenvalue weighted by molar-refractivity contribution is 0.174. The third-order valence-electron chi connectivity index (χ3n) is 3.88. The predicted molar refractivity (Wildman–Crippen MR) is 87.8 cm³/mol. The monoisotopic (exact) mass is 295 g/mol. The number of aliphatic hydroxyl groups is 1. The van der Waals surface area contributed by atoms with Gasteiger partial charge in [-0.1, -0.05) is 35.9 Å². The molecule has 3 aromatic rings. The average molecular weight is 295 g/mol. The molecule has 2 aromatic heterocycles. The fourth-order valence-corrected chi connectivity index (χ4v) is 2.67. The molecule has 0 bridgehead atoms. The van der Waals surface area contributed by atoms with Crippen LogP contribution in [0.2, 0.25) is 0 Å². The summed E-state index contributed by atoms with van der Waals surface area (Å²) in [5, 5.41) is 13.6. The van der Waals surface area contributed by atoms with Gasteiger partial charge >= 0.3 is 0 Å². The molecule has 0 amide bonds. The van der Waals surface area contributed by atoms with Crippen LogP contribution in [0.15, 0.2) is 48.8 Å². The third-order valence-corrected chi connectivity index (χ3v) is 3.88. The summed E-state index contributed by atoms with van der Waals surface area (Å²) >= 11 is 0. The molecule has 0 fully saturated rings. The predicted octanol–water partition coefficient (Wildman–Crippen LogP) is 2.77. The molecular formula is C18H21N3O. The van der Waals surface area contributed by atoms with Gasteiger partial charge in [-0.05, 0) is 31.0 Å². The van der Waals surface area contributed by atoms with Gasteiger partial charge in [0.1, 0.15) is 5.65 Å². The molecule has 4 nitrogen and oxygen atoms in total. The van der Waals surface area contributed by atoms with E-state index in [-0.39, 0.29) is 0 Å². The Balaban J connectivity index is 1.64. The van der Waals surface area contributed by atoms with E-state index in [0.717, 1.165) is 28.0 Å². The summed E-state index contributed by atoms with van der Waals surface area (Å²) in [4.78, 5) is 4.45. The van der Waals surface area contributed by atoms with Crippen LogP contribution < -0.4 is 5.32 Å². The summed E-state index contributed by atoms with van der Waals surface area (Å²) in [5.74, 6) is 0.